The summed E-state index contributed by atoms with van der Waals surface area (Å²) in [6, 6.07) is 1.54. The number of nitriles is 1. The molecule has 0 aliphatic rings. The van der Waals surface area contributed by atoms with Crippen LogP contribution >= 0.6 is 15.9 Å². The van der Waals surface area contributed by atoms with Gasteiger partial charge in [0.15, 0.2) is 5.69 Å². The Morgan fingerprint density at radius 1 is 1.56 bits per heavy atom. The fourth-order valence-corrected chi connectivity index (χ4v) is 2.40. The summed E-state index contributed by atoms with van der Waals surface area (Å²) in [6.45, 7) is 0. The number of primary sulfonamides is 1. The standard InChI is InChI=1S/C7H4BrF2N3O2S/c8-6-3(1-11)13-2-4(16(12,14)15)5(6)7(9)10/h2,7H,(H2,12,14,15). The van der Waals surface area contributed by atoms with Gasteiger partial charge in [0.2, 0.25) is 10.0 Å². The molecule has 2 N–H and O–H groups in total. The minimum Gasteiger partial charge on any atom is -0.243 e. The summed E-state index contributed by atoms with van der Waals surface area (Å²) in [7, 11) is -4.31. The van der Waals surface area contributed by atoms with Gasteiger partial charge in [-0.3, -0.25) is 0 Å². The van der Waals surface area contributed by atoms with Crippen molar-refractivity contribution in [2.24, 2.45) is 5.14 Å². The molecular weight excluding hydrogens is 308 g/mol. The average Bonchev–Trinajstić information content (AvgIpc) is 2.15. The van der Waals surface area contributed by atoms with E-state index < -0.39 is 26.9 Å². The summed E-state index contributed by atoms with van der Waals surface area (Å²) in [6.07, 6.45) is -2.45. The number of pyridine rings is 1. The molecule has 1 aromatic heterocycles. The van der Waals surface area contributed by atoms with Crippen molar-refractivity contribution in [2.45, 2.75) is 11.3 Å². The number of hydrogen-bond acceptors (Lipinski definition) is 4. The van der Waals surface area contributed by atoms with Crippen LogP contribution in [-0.2, 0) is 10.0 Å². The van der Waals surface area contributed by atoms with Gasteiger partial charge in [-0.05, 0) is 15.9 Å². The molecule has 0 amide bonds. The van der Waals surface area contributed by atoms with E-state index in [9.17, 15) is 17.2 Å². The molecular formula is C7H4BrF2N3O2S. The van der Waals surface area contributed by atoms with Crippen molar-refractivity contribution < 1.29 is 17.2 Å². The second-order valence-corrected chi connectivity index (χ2v) is 4.98. The van der Waals surface area contributed by atoms with Gasteiger partial charge in [-0.25, -0.2) is 27.3 Å². The van der Waals surface area contributed by atoms with E-state index in [0.29, 0.717) is 6.20 Å². The van der Waals surface area contributed by atoms with Crippen LogP contribution in [0.2, 0.25) is 0 Å². The number of nitrogens with zero attached hydrogens (tertiary/aromatic N) is 2. The zero-order valence-electron chi connectivity index (χ0n) is 7.49. The second kappa shape index (κ2) is 4.40. The molecule has 1 rings (SSSR count). The zero-order chi connectivity index (χ0) is 12.5. The molecule has 0 bridgehead atoms. The molecule has 0 saturated heterocycles. The SMILES string of the molecule is N#Cc1ncc(S(N)(=O)=O)c(C(F)F)c1Br. The first-order chi connectivity index (χ1) is 7.29. The van der Waals surface area contributed by atoms with Crippen LogP contribution < -0.4 is 5.14 Å². The van der Waals surface area contributed by atoms with E-state index in [4.69, 9.17) is 10.4 Å². The summed E-state index contributed by atoms with van der Waals surface area (Å²) in [4.78, 5) is 2.61. The molecule has 0 aliphatic carbocycles. The average molecular weight is 312 g/mol. The highest BCUT2D eigenvalue weighted by Gasteiger charge is 2.26. The number of hydrogen-bond donors (Lipinski definition) is 1. The summed E-state index contributed by atoms with van der Waals surface area (Å²) in [5.41, 5.74) is -1.18. The number of aromatic nitrogens is 1. The minimum atomic E-state index is -4.31. The summed E-state index contributed by atoms with van der Waals surface area (Å²) >= 11 is 2.70. The van der Waals surface area contributed by atoms with Crippen LogP contribution in [0.4, 0.5) is 8.78 Å². The molecule has 0 saturated carbocycles. The van der Waals surface area contributed by atoms with E-state index in [-0.39, 0.29) is 10.2 Å². The summed E-state index contributed by atoms with van der Waals surface area (Å²) < 4.78 is 47.0. The third-order valence-electron chi connectivity index (χ3n) is 1.65. The van der Waals surface area contributed by atoms with Gasteiger partial charge in [0.1, 0.15) is 11.0 Å². The molecule has 1 aromatic rings. The van der Waals surface area contributed by atoms with E-state index in [1.54, 1.807) is 6.07 Å². The highest BCUT2D eigenvalue weighted by Crippen LogP contribution is 2.33. The fourth-order valence-electron chi connectivity index (χ4n) is 0.993. The molecule has 9 heteroatoms. The number of rotatable bonds is 2. The largest absolute Gasteiger partial charge is 0.266 e. The van der Waals surface area contributed by atoms with Crippen LogP contribution in [0.1, 0.15) is 17.7 Å². The molecule has 86 valence electrons. The molecule has 0 radical (unpaired) electrons. The molecule has 1 heterocycles. The van der Waals surface area contributed by atoms with Gasteiger partial charge in [-0.1, -0.05) is 0 Å². The van der Waals surface area contributed by atoms with Crippen LogP contribution in [0, 0.1) is 11.3 Å². The van der Waals surface area contributed by atoms with Crippen molar-refractivity contribution in [3.05, 3.63) is 21.9 Å². The van der Waals surface area contributed by atoms with Gasteiger partial charge in [-0.15, -0.1) is 0 Å². The van der Waals surface area contributed by atoms with E-state index in [1.165, 1.54) is 0 Å². The summed E-state index contributed by atoms with van der Waals surface area (Å²) in [5.74, 6) is 0. The highest BCUT2D eigenvalue weighted by atomic mass is 79.9. The first kappa shape index (κ1) is 13.0. The van der Waals surface area contributed by atoms with Gasteiger partial charge in [0.05, 0.1) is 10.0 Å². The molecule has 0 aliphatic heterocycles. The lowest BCUT2D eigenvalue weighted by Crippen LogP contribution is -2.16. The fraction of sp³-hybridized carbons (Fsp3) is 0.143. The van der Waals surface area contributed by atoms with Crippen molar-refractivity contribution in [1.29, 1.82) is 5.26 Å². The Labute approximate surface area is 98.1 Å². The molecule has 0 spiro atoms. The van der Waals surface area contributed by atoms with Gasteiger partial charge >= 0.3 is 0 Å². The van der Waals surface area contributed by atoms with Gasteiger partial charge < -0.3 is 0 Å². The van der Waals surface area contributed by atoms with Crippen LogP contribution in [0.5, 0.6) is 0 Å². The lowest BCUT2D eigenvalue weighted by Gasteiger charge is -2.09. The van der Waals surface area contributed by atoms with E-state index in [2.05, 4.69) is 20.9 Å². The maximum Gasteiger partial charge on any atom is 0.266 e. The summed E-state index contributed by atoms with van der Waals surface area (Å²) in [5, 5.41) is 13.3. The first-order valence-electron chi connectivity index (χ1n) is 3.68. The van der Waals surface area contributed by atoms with Gasteiger partial charge in [0, 0.05) is 6.20 Å². The van der Waals surface area contributed by atoms with Crippen molar-refractivity contribution in [1.82, 2.24) is 4.98 Å². The minimum absolute atomic E-state index is 0.331. The van der Waals surface area contributed by atoms with Gasteiger partial charge in [0.25, 0.3) is 6.43 Å². The maximum atomic E-state index is 12.6. The van der Waals surface area contributed by atoms with E-state index in [0.717, 1.165) is 0 Å². The Balaban J connectivity index is 3.69. The van der Waals surface area contributed by atoms with Crippen molar-refractivity contribution in [3.8, 4) is 6.07 Å². The van der Waals surface area contributed by atoms with Gasteiger partial charge in [-0.2, -0.15) is 5.26 Å². The molecule has 0 fully saturated rings. The quantitative estimate of drug-likeness (QED) is 0.890. The van der Waals surface area contributed by atoms with Crippen LogP contribution in [-0.4, -0.2) is 13.4 Å². The van der Waals surface area contributed by atoms with Crippen molar-refractivity contribution >= 4 is 26.0 Å². The predicted molar refractivity (Wildman–Crippen MR) is 53.0 cm³/mol. The van der Waals surface area contributed by atoms with E-state index >= 15 is 0 Å². The normalized spacial score (nSPS) is 11.5. The second-order valence-electron chi connectivity index (χ2n) is 2.66. The number of alkyl halides is 2. The number of sulfonamides is 1. The Kier molecular flexibility index (Phi) is 3.57. The molecule has 0 unspecified atom stereocenters. The van der Waals surface area contributed by atoms with Crippen molar-refractivity contribution in [3.63, 3.8) is 0 Å². The smallest absolute Gasteiger partial charge is 0.243 e. The van der Waals surface area contributed by atoms with E-state index in [1.807, 2.05) is 0 Å². The number of nitrogens with two attached hydrogens (primary N) is 1. The Bertz CT molecular complexity index is 568. The van der Waals surface area contributed by atoms with Crippen LogP contribution in [0.3, 0.4) is 0 Å². The molecule has 5 nitrogen and oxygen atoms in total. The lowest BCUT2D eigenvalue weighted by atomic mass is 10.2. The molecule has 0 aromatic carbocycles. The monoisotopic (exact) mass is 311 g/mol. The molecule has 0 atom stereocenters. The third kappa shape index (κ3) is 2.34. The lowest BCUT2D eigenvalue weighted by molar-refractivity contribution is 0.147. The van der Waals surface area contributed by atoms with Crippen LogP contribution in [0.15, 0.2) is 15.6 Å². The Morgan fingerprint density at radius 2 is 2.12 bits per heavy atom. The first-order valence-corrected chi connectivity index (χ1v) is 6.02. The Hall–Kier alpha value is -1.11. The number of halogens is 3. The molecule has 16 heavy (non-hydrogen) atoms. The zero-order valence-corrected chi connectivity index (χ0v) is 9.89. The predicted octanol–water partition coefficient (Wildman–Crippen LogP) is 1.30. The van der Waals surface area contributed by atoms with Crippen LogP contribution in [0.25, 0.3) is 0 Å². The topological polar surface area (TPSA) is 96.8 Å². The maximum absolute atomic E-state index is 12.6. The third-order valence-corrected chi connectivity index (χ3v) is 3.39. The Morgan fingerprint density at radius 3 is 2.50 bits per heavy atom. The highest BCUT2D eigenvalue weighted by molar-refractivity contribution is 9.10. The van der Waals surface area contributed by atoms with Crippen molar-refractivity contribution in [2.75, 3.05) is 0 Å².